The number of aromatic nitrogens is 1. The molecule has 0 bridgehead atoms. The number of carbonyl (C=O) groups is 1. The van der Waals surface area contributed by atoms with Gasteiger partial charge in [0.15, 0.2) is 0 Å². The highest BCUT2D eigenvalue weighted by molar-refractivity contribution is 5.83. The molecule has 1 unspecified atom stereocenters. The molecule has 1 amide bonds. The fourth-order valence-corrected chi connectivity index (χ4v) is 1.67. The normalized spacial score (nSPS) is 13.2. The van der Waals surface area contributed by atoms with Crippen LogP contribution in [0.4, 0.5) is 5.82 Å². The average Bonchev–Trinajstić information content (AvgIpc) is 2.35. The van der Waals surface area contributed by atoms with Gasteiger partial charge in [-0.15, -0.1) is 0 Å². The topological polar surface area (TPSA) is 54.0 Å². The number of amides is 1. The van der Waals surface area contributed by atoms with Gasteiger partial charge in [0.05, 0.1) is 0 Å². The second-order valence-corrected chi connectivity index (χ2v) is 6.69. The molecule has 20 heavy (non-hydrogen) atoms. The van der Waals surface area contributed by atoms with Crippen molar-refractivity contribution in [2.75, 3.05) is 11.9 Å². The van der Waals surface area contributed by atoms with E-state index in [2.05, 4.69) is 50.2 Å². The minimum atomic E-state index is -0.290. The Balaban J connectivity index is 2.58. The predicted octanol–water partition coefficient (Wildman–Crippen LogP) is 2.95. The zero-order valence-electron chi connectivity index (χ0n) is 13.4. The lowest BCUT2D eigenvalue weighted by Gasteiger charge is -2.19. The van der Waals surface area contributed by atoms with Crippen LogP contribution in [0, 0.1) is 5.92 Å². The van der Waals surface area contributed by atoms with Crippen molar-refractivity contribution in [2.24, 2.45) is 5.92 Å². The summed E-state index contributed by atoms with van der Waals surface area (Å²) in [6, 6.07) is 3.68. The van der Waals surface area contributed by atoms with Gasteiger partial charge in [0.2, 0.25) is 5.91 Å². The predicted molar refractivity (Wildman–Crippen MR) is 83.9 cm³/mol. The Bertz CT molecular complexity index is 432. The largest absolute Gasteiger partial charge is 0.359 e. The lowest BCUT2D eigenvalue weighted by molar-refractivity contribution is -0.121. The summed E-state index contributed by atoms with van der Waals surface area (Å²) >= 11 is 0. The molecule has 1 rings (SSSR count). The molecule has 4 nitrogen and oxygen atoms in total. The molecule has 4 heteroatoms. The van der Waals surface area contributed by atoms with Crippen LogP contribution in [0.1, 0.15) is 47.1 Å². The minimum Gasteiger partial charge on any atom is -0.359 e. The number of hydrogen-bond donors (Lipinski definition) is 2. The third-order valence-electron chi connectivity index (χ3n) is 3.07. The molecule has 0 fully saturated rings. The van der Waals surface area contributed by atoms with Crippen molar-refractivity contribution in [3.63, 3.8) is 0 Å². The van der Waals surface area contributed by atoms with Gasteiger partial charge in [-0.2, -0.15) is 0 Å². The van der Waals surface area contributed by atoms with Gasteiger partial charge < -0.3 is 10.6 Å². The van der Waals surface area contributed by atoms with Crippen LogP contribution in [0.3, 0.4) is 0 Å². The number of nitrogens with zero attached hydrogens (tertiary/aromatic N) is 1. The van der Waals surface area contributed by atoms with E-state index < -0.39 is 0 Å². The van der Waals surface area contributed by atoms with Crippen molar-refractivity contribution in [3.05, 3.63) is 23.9 Å². The molecule has 0 aromatic carbocycles. The van der Waals surface area contributed by atoms with Crippen LogP contribution in [0.5, 0.6) is 0 Å². The second-order valence-electron chi connectivity index (χ2n) is 6.69. The Labute approximate surface area is 122 Å². The summed E-state index contributed by atoms with van der Waals surface area (Å²) in [6.45, 7) is 13.1. The second kappa shape index (κ2) is 6.73. The Kier molecular flexibility index (Phi) is 5.54. The quantitative estimate of drug-likeness (QED) is 0.870. The lowest BCUT2D eigenvalue weighted by atomic mass is 9.88. The van der Waals surface area contributed by atoms with E-state index in [0.29, 0.717) is 12.5 Å². The highest BCUT2D eigenvalue weighted by Gasteiger charge is 2.15. The van der Waals surface area contributed by atoms with Gasteiger partial charge in [-0.05, 0) is 29.9 Å². The lowest BCUT2D eigenvalue weighted by Crippen LogP contribution is -2.39. The molecule has 2 N–H and O–H groups in total. The maximum absolute atomic E-state index is 11.9. The first-order valence-electron chi connectivity index (χ1n) is 7.21. The minimum absolute atomic E-state index is 0.000368. The zero-order valence-corrected chi connectivity index (χ0v) is 13.4. The van der Waals surface area contributed by atoms with Crippen molar-refractivity contribution < 1.29 is 4.79 Å². The van der Waals surface area contributed by atoms with E-state index in [1.807, 2.05) is 25.3 Å². The summed E-state index contributed by atoms with van der Waals surface area (Å²) in [7, 11) is 0. The number of nitrogens with one attached hydrogen (secondary N) is 2. The first-order valence-corrected chi connectivity index (χ1v) is 7.21. The number of carbonyl (C=O) groups excluding carboxylic acids is 1. The first kappa shape index (κ1) is 16.5. The molecule has 0 saturated carbocycles. The molecule has 1 heterocycles. The van der Waals surface area contributed by atoms with Crippen LogP contribution in [-0.2, 0) is 10.2 Å². The van der Waals surface area contributed by atoms with E-state index in [-0.39, 0.29) is 17.4 Å². The zero-order chi connectivity index (χ0) is 15.3. The van der Waals surface area contributed by atoms with Crippen LogP contribution in [0.25, 0.3) is 0 Å². The summed E-state index contributed by atoms with van der Waals surface area (Å²) < 4.78 is 0. The number of hydrogen-bond acceptors (Lipinski definition) is 3. The molecule has 1 aromatic rings. The Hall–Kier alpha value is -1.58. The molecule has 112 valence electrons. The van der Waals surface area contributed by atoms with Crippen molar-refractivity contribution in [2.45, 2.75) is 53.0 Å². The van der Waals surface area contributed by atoms with E-state index in [1.165, 1.54) is 5.56 Å². The SMILES string of the molecule is CC(C)CNC(=O)C(C)Nc1ccc(C(C)(C)C)cn1. The summed E-state index contributed by atoms with van der Waals surface area (Å²) in [6.07, 6.45) is 1.86. The smallest absolute Gasteiger partial charge is 0.242 e. The molecule has 1 aromatic heterocycles. The fourth-order valence-electron chi connectivity index (χ4n) is 1.67. The third kappa shape index (κ3) is 5.19. The Morgan fingerprint density at radius 2 is 1.90 bits per heavy atom. The molecule has 0 saturated heterocycles. The van der Waals surface area contributed by atoms with Gasteiger partial charge in [-0.3, -0.25) is 4.79 Å². The van der Waals surface area contributed by atoms with Crippen LogP contribution in [0.2, 0.25) is 0 Å². The van der Waals surface area contributed by atoms with E-state index in [4.69, 9.17) is 0 Å². The summed E-state index contributed by atoms with van der Waals surface area (Å²) in [4.78, 5) is 16.2. The van der Waals surface area contributed by atoms with Crippen LogP contribution in [0.15, 0.2) is 18.3 Å². The maximum Gasteiger partial charge on any atom is 0.242 e. The molecular formula is C16H27N3O. The summed E-state index contributed by atoms with van der Waals surface area (Å²) in [5.74, 6) is 1.18. The number of rotatable bonds is 5. The standard InChI is InChI=1S/C16H27N3O/c1-11(2)9-18-15(20)12(3)19-14-8-7-13(10-17-14)16(4,5)6/h7-8,10-12H,9H2,1-6H3,(H,17,19)(H,18,20). The van der Waals surface area contributed by atoms with Gasteiger partial charge in [0.1, 0.15) is 11.9 Å². The molecule has 1 atom stereocenters. The Morgan fingerprint density at radius 3 is 2.35 bits per heavy atom. The summed E-state index contributed by atoms with van der Waals surface area (Å²) in [5, 5.41) is 6.03. The molecule has 0 radical (unpaired) electrons. The van der Waals surface area contributed by atoms with E-state index >= 15 is 0 Å². The van der Waals surface area contributed by atoms with Crippen molar-refractivity contribution in [1.29, 1.82) is 0 Å². The highest BCUT2D eigenvalue weighted by Crippen LogP contribution is 2.21. The molecule has 0 aliphatic rings. The molecule has 0 spiro atoms. The van der Waals surface area contributed by atoms with Gasteiger partial charge in [-0.1, -0.05) is 40.7 Å². The monoisotopic (exact) mass is 277 g/mol. The summed E-state index contributed by atoms with van der Waals surface area (Å²) in [5.41, 5.74) is 1.27. The first-order chi connectivity index (χ1) is 9.20. The van der Waals surface area contributed by atoms with Gasteiger partial charge >= 0.3 is 0 Å². The molecule has 0 aliphatic heterocycles. The van der Waals surface area contributed by atoms with E-state index in [1.54, 1.807) is 0 Å². The van der Waals surface area contributed by atoms with Crippen LogP contribution >= 0.6 is 0 Å². The van der Waals surface area contributed by atoms with Gasteiger partial charge in [0, 0.05) is 12.7 Å². The average molecular weight is 277 g/mol. The highest BCUT2D eigenvalue weighted by atomic mass is 16.2. The van der Waals surface area contributed by atoms with Crippen LogP contribution < -0.4 is 10.6 Å². The van der Waals surface area contributed by atoms with E-state index in [0.717, 1.165) is 5.82 Å². The Morgan fingerprint density at radius 1 is 1.25 bits per heavy atom. The van der Waals surface area contributed by atoms with Gasteiger partial charge in [-0.25, -0.2) is 4.98 Å². The van der Waals surface area contributed by atoms with Crippen molar-refractivity contribution in [3.8, 4) is 0 Å². The number of pyridine rings is 1. The molecular weight excluding hydrogens is 250 g/mol. The third-order valence-corrected chi connectivity index (χ3v) is 3.07. The van der Waals surface area contributed by atoms with E-state index in [9.17, 15) is 4.79 Å². The fraction of sp³-hybridized carbons (Fsp3) is 0.625. The molecule has 0 aliphatic carbocycles. The maximum atomic E-state index is 11.9. The van der Waals surface area contributed by atoms with Crippen LogP contribution in [-0.4, -0.2) is 23.5 Å². The van der Waals surface area contributed by atoms with Crippen molar-refractivity contribution in [1.82, 2.24) is 10.3 Å². The number of anilines is 1. The van der Waals surface area contributed by atoms with Crippen molar-refractivity contribution >= 4 is 11.7 Å². The van der Waals surface area contributed by atoms with Gasteiger partial charge in [0.25, 0.3) is 0 Å².